The summed E-state index contributed by atoms with van der Waals surface area (Å²) in [6.45, 7) is 1.61. The molecule has 23 heavy (non-hydrogen) atoms. The molecule has 1 fully saturated rings. The molecule has 118 valence electrons. The number of rotatable bonds is 2. The van der Waals surface area contributed by atoms with Crippen LogP contribution in [0.25, 0.3) is 21.5 Å². The number of aromatic nitrogens is 3. The van der Waals surface area contributed by atoms with Gasteiger partial charge in [-0.15, -0.1) is 0 Å². The van der Waals surface area contributed by atoms with Gasteiger partial charge in [0.15, 0.2) is 5.82 Å². The minimum absolute atomic E-state index is 0.199. The van der Waals surface area contributed by atoms with Crippen LogP contribution in [0.1, 0.15) is 12.8 Å². The summed E-state index contributed by atoms with van der Waals surface area (Å²) >= 11 is 7.38. The van der Waals surface area contributed by atoms with Crippen molar-refractivity contribution in [2.24, 2.45) is 0 Å². The summed E-state index contributed by atoms with van der Waals surface area (Å²) in [6, 6.07) is 7.62. The molecule has 1 saturated heterocycles. The highest BCUT2D eigenvalue weighted by atomic mass is 35.5. The van der Waals surface area contributed by atoms with Crippen molar-refractivity contribution >= 4 is 39.2 Å². The lowest BCUT2D eigenvalue weighted by Gasteiger charge is -2.30. The first-order chi connectivity index (χ1) is 11.2. The van der Waals surface area contributed by atoms with Gasteiger partial charge in [0, 0.05) is 23.7 Å². The maximum atomic E-state index is 9.68. The van der Waals surface area contributed by atoms with E-state index in [0.717, 1.165) is 53.2 Å². The topological polar surface area (TPSA) is 62.1 Å². The SMILES string of the molecule is OC1CCN(c2ncnc3c(-c4ccc(Cl)cc4)nsc23)CC1. The minimum atomic E-state index is -0.199. The third-order valence-corrected chi connectivity index (χ3v) is 5.20. The van der Waals surface area contributed by atoms with E-state index in [0.29, 0.717) is 5.02 Å². The van der Waals surface area contributed by atoms with Crippen molar-refractivity contribution in [1.82, 2.24) is 14.3 Å². The van der Waals surface area contributed by atoms with Gasteiger partial charge in [0.2, 0.25) is 0 Å². The number of hydrogen-bond acceptors (Lipinski definition) is 6. The van der Waals surface area contributed by atoms with E-state index < -0.39 is 0 Å². The molecule has 3 aromatic rings. The molecule has 5 nitrogen and oxygen atoms in total. The molecule has 0 amide bonds. The van der Waals surface area contributed by atoms with Crippen LogP contribution >= 0.6 is 23.1 Å². The molecule has 0 bridgehead atoms. The molecule has 4 rings (SSSR count). The molecular formula is C16H15ClN4OS. The largest absolute Gasteiger partial charge is 0.393 e. The van der Waals surface area contributed by atoms with Gasteiger partial charge in [0.1, 0.15) is 22.2 Å². The van der Waals surface area contributed by atoms with Crippen molar-refractivity contribution in [2.45, 2.75) is 18.9 Å². The Kier molecular flexibility index (Phi) is 3.88. The lowest BCUT2D eigenvalue weighted by molar-refractivity contribution is 0.145. The fourth-order valence-electron chi connectivity index (χ4n) is 2.85. The minimum Gasteiger partial charge on any atom is -0.393 e. The van der Waals surface area contributed by atoms with Crippen molar-refractivity contribution in [3.63, 3.8) is 0 Å². The van der Waals surface area contributed by atoms with E-state index >= 15 is 0 Å². The monoisotopic (exact) mass is 346 g/mol. The van der Waals surface area contributed by atoms with Crippen molar-refractivity contribution in [3.05, 3.63) is 35.6 Å². The third kappa shape index (κ3) is 2.78. The predicted octanol–water partition coefficient (Wildman–Crippen LogP) is 3.37. The third-order valence-electron chi connectivity index (χ3n) is 4.12. The summed E-state index contributed by atoms with van der Waals surface area (Å²) in [4.78, 5) is 11.1. The Bertz CT molecular complexity index is 828. The first kappa shape index (κ1) is 14.8. The molecule has 0 spiro atoms. The van der Waals surface area contributed by atoms with Crippen molar-refractivity contribution in [3.8, 4) is 11.3 Å². The Hall–Kier alpha value is -1.76. The molecule has 0 aliphatic carbocycles. The van der Waals surface area contributed by atoms with Crippen LogP contribution in [0.4, 0.5) is 5.82 Å². The number of anilines is 1. The summed E-state index contributed by atoms with van der Waals surface area (Å²) in [7, 11) is 0. The molecule has 1 aromatic carbocycles. The number of piperidine rings is 1. The molecule has 0 radical (unpaired) electrons. The van der Waals surface area contributed by atoms with Gasteiger partial charge in [-0.2, -0.15) is 4.37 Å². The number of aliphatic hydroxyl groups is 1. The fourth-order valence-corrected chi connectivity index (χ4v) is 3.85. The van der Waals surface area contributed by atoms with Crippen molar-refractivity contribution in [2.75, 3.05) is 18.0 Å². The summed E-state index contributed by atoms with van der Waals surface area (Å²) in [5, 5.41) is 10.4. The van der Waals surface area contributed by atoms with Crippen LogP contribution in [0.15, 0.2) is 30.6 Å². The molecule has 3 heterocycles. The first-order valence-corrected chi connectivity index (χ1v) is 8.67. The van der Waals surface area contributed by atoms with Crippen LogP contribution in [0, 0.1) is 0 Å². The molecule has 1 N–H and O–H groups in total. The average Bonchev–Trinajstić information content (AvgIpc) is 3.00. The van der Waals surface area contributed by atoms with Gasteiger partial charge in [-0.1, -0.05) is 23.7 Å². The highest BCUT2D eigenvalue weighted by Crippen LogP contribution is 2.35. The number of hydrogen-bond donors (Lipinski definition) is 1. The van der Waals surface area contributed by atoms with E-state index in [1.54, 1.807) is 6.33 Å². The van der Waals surface area contributed by atoms with Gasteiger partial charge >= 0.3 is 0 Å². The van der Waals surface area contributed by atoms with Crippen molar-refractivity contribution < 1.29 is 5.11 Å². The fraction of sp³-hybridized carbons (Fsp3) is 0.312. The Balaban J connectivity index is 1.76. The molecule has 0 atom stereocenters. The summed E-state index contributed by atoms with van der Waals surface area (Å²) < 4.78 is 5.58. The van der Waals surface area contributed by atoms with Gasteiger partial charge in [-0.3, -0.25) is 0 Å². The Labute approximate surface area is 142 Å². The van der Waals surface area contributed by atoms with Gasteiger partial charge < -0.3 is 10.0 Å². The van der Waals surface area contributed by atoms with E-state index in [2.05, 4.69) is 19.2 Å². The van der Waals surface area contributed by atoms with Crippen LogP contribution in [-0.4, -0.2) is 38.6 Å². The molecule has 1 aliphatic heterocycles. The molecule has 0 saturated carbocycles. The van der Waals surface area contributed by atoms with E-state index in [9.17, 15) is 5.11 Å². The zero-order chi connectivity index (χ0) is 15.8. The van der Waals surface area contributed by atoms with Crippen LogP contribution in [0.2, 0.25) is 5.02 Å². The first-order valence-electron chi connectivity index (χ1n) is 7.52. The normalized spacial score (nSPS) is 16.2. The maximum absolute atomic E-state index is 9.68. The van der Waals surface area contributed by atoms with E-state index in [4.69, 9.17) is 11.6 Å². The van der Waals surface area contributed by atoms with Crippen LogP contribution in [0.3, 0.4) is 0 Å². The Morgan fingerprint density at radius 1 is 1.13 bits per heavy atom. The van der Waals surface area contributed by atoms with E-state index in [1.807, 2.05) is 24.3 Å². The van der Waals surface area contributed by atoms with Gasteiger partial charge in [-0.05, 0) is 36.5 Å². The molecule has 7 heteroatoms. The second-order valence-corrected chi connectivity index (χ2v) is 6.84. The second-order valence-electron chi connectivity index (χ2n) is 5.63. The van der Waals surface area contributed by atoms with Crippen LogP contribution < -0.4 is 4.90 Å². The Morgan fingerprint density at radius 2 is 1.87 bits per heavy atom. The number of benzene rings is 1. The van der Waals surface area contributed by atoms with Crippen LogP contribution in [-0.2, 0) is 0 Å². The number of halogens is 1. The highest BCUT2D eigenvalue weighted by molar-refractivity contribution is 7.14. The van der Waals surface area contributed by atoms with Crippen LogP contribution in [0.5, 0.6) is 0 Å². The second kappa shape index (κ2) is 6.03. The predicted molar refractivity (Wildman–Crippen MR) is 93.1 cm³/mol. The zero-order valence-electron chi connectivity index (χ0n) is 12.3. The summed E-state index contributed by atoms with van der Waals surface area (Å²) in [5.74, 6) is 0.916. The van der Waals surface area contributed by atoms with Gasteiger partial charge in [0.25, 0.3) is 0 Å². The smallest absolute Gasteiger partial charge is 0.151 e. The molecule has 1 aliphatic rings. The lowest BCUT2D eigenvalue weighted by Crippen LogP contribution is -2.36. The number of nitrogens with zero attached hydrogens (tertiary/aromatic N) is 4. The average molecular weight is 347 g/mol. The molecular weight excluding hydrogens is 332 g/mol. The summed E-state index contributed by atoms with van der Waals surface area (Å²) in [5.41, 5.74) is 2.73. The summed E-state index contributed by atoms with van der Waals surface area (Å²) in [6.07, 6.45) is 2.94. The molecule has 0 unspecified atom stereocenters. The lowest BCUT2D eigenvalue weighted by atomic mass is 10.1. The van der Waals surface area contributed by atoms with Gasteiger partial charge in [0.05, 0.1) is 6.10 Å². The zero-order valence-corrected chi connectivity index (χ0v) is 13.9. The van der Waals surface area contributed by atoms with Gasteiger partial charge in [-0.25, -0.2) is 9.97 Å². The van der Waals surface area contributed by atoms with E-state index in [-0.39, 0.29) is 6.10 Å². The highest BCUT2D eigenvalue weighted by Gasteiger charge is 2.22. The van der Waals surface area contributed by atoms with Crippen molar-refractivity contribution in [1.29, 1.82) is 0 Å². The van der Waals surface area contributed by atoms with E-state index in [1.165, 1.54) is 11.5 Å². The number of fused-ring (bicyclic) bond motifs is 1. The standard InChI is InChI=1S/C16H15ClN4OS/c17-11-3-1-10(2-4-11)13-14-15(23-20-13)16(19-9-18-14)21-7-5-12(22)6-8-21/h1-4,9,12,22H,5-8H2. The maximum Gasteiger partial charge on any atom is 0.151 e. The quantitative estimate of drug-likeness (QED) is 0.770. The number of aliphatic hydroxyl groups excluding tert-OH is 1. The Morgan fingerprint density at radius 3 is 2.61 bits per heavy atom. The molecule has 2 aromatic heterocycles.